The Bertz CT molecular complexity index is 1210. The van der Waals surface area contributed by atoms with Crippen LogP contribution in [0.3, 0.4) is 0 Å². The Kier molecular flexibility index (Phi) is 4.50. The van der Waals surface area contributed by atoms with Gasteiger partial charge in [0.15, 0.2) is 22.9 Å². The number of aromatic nitrogens is 4. The van der Waals surface area contributed by atoms with Crippen molar-refractivity contribution < 1.29 is 22.5 Å². The normalized spacial score (nSPS) is 11.8. The van der Waals surface area contributed by atoms with Crippen LogP contribution in [0.5, 0.6) is 0 Å². The molecule has 11 heteroatoms. The first-order valence-corrected chi connectivity index (χ1v) is 8.57. The predicted octanol–water partition coefficient (Wildman–Crippen LogP) is 4.62. The Morgan fingerprint density at radius 1 is 1.17 bits per heavy atom. The summed E-state index contributed by atoms with van der Waals surface area (Å²) in [6.07, 6.45) is -4.72. The number of aryl methyl sites for hydroxylation is 1. The summed E-state index contributed by atoms with van der Waals surface area (Å²) >= 11 is 5.83. The molecule has 0 spiro atoms. The van der Waals surface area contributed by atoms with E-state index in [0.29, 0.717) is 20.9 Å². The van der Waals surface area contributed by atoms with Crippen LogP contribution in [-0.4, -0.2) is 25.7 Å². The Morgan fingerprint density at radius 2 is 1.90 bits per heavy atom. The third-order valence-corrected chi connectivity index (χ3v) is 4.21. The first kappa shape index (κ1) is 18.9. The summed E-state index contributed by atoms with van der Waals surface area (Å²) in [7, 11) is 0. The predicted molar refractivity (Wildman–Crippen MR) is 97.6 cm³/mol. The van der Waals surface area contributed by atoms with Crippen LogP contribution in [0.1, 0.15) is 21.9 Å². The van der Waals surface area contributed by atoms with E-state index < -0.39 is 17.8 Å². The van der Waals surface area contributed by atoms with E-state index in [0.717, 1.165) is 12.1 Å². The first-order valence-electron chi connectivity index (χ1n) is 8.19. The van der Waals surface area contributed by atoms with Gasteiger partial charge in [0.2, 0.25) is 0 Å². The number of amides is 1. The van der Waals surface area contributed by atoms with Crippen molar-refractivity contribution in [1.82, 2.24) is 19.8 Å². The molecule has 1 aromatic carbocycles. The van der Waals surface area contributed by atoms with Gasteiger partial charge in [0.25, 0.3) is 5.91 Å². The number of nitrogens with zero attached hydrogens (tertiary/aromatic N) is 4. The second-order valence-electron chi connectivity index (χ2n) is 6.11. The Morgan fingerprint density at radius 3 is 2.52 bits per heavy atom. The smallest absolute Gasteiger partial charge is 0.360 e. The van der Waals surface area contributed by atoms with Gasteiger partial charge in [0.1, 0.15) is 5.76 Å². The average Bonchev–Trinajstić information content (AvgIpc) is 3.26. The van der Waals surface area contributed by atoms with Crippen molar-refractivity contribution in [2.75, 3.05) is 5.32 Å². The van der Waals surface area contributed by atoms with E-state index >= 15 is 0 Å². The van der Waals surface area contributed by atoms with Crippen LogP contribution in [0.25, 0.3) is 16.9 Å². The average molecular weight is 422 g/mol. The molecule has 0 bridgehead atoms. The molecule has 0 aliphatic heterocycles. The van der Waals surface area contributed by atoms with Crippen molar-refractivity contribution in [3.05, 3.63) is 64.6 Å². The van der Waals surface area contributed by atoms with Crippen LogP contribution in [-0.2, 0) is 6.18 Å². The molecule has 3 heterocycles. The maximum Gasteiger partial charge on any atom is 0.433 e. The van der Waals surface area contributed by atoms with Crippen molar-refractivity contribution >= 4 is 29.0 Å². The maximum atomic E-state index is 13.6. The first-order chi connectivity index (χ1) is 13.7. The lowest BCUT2D eigenvalue weighted by molar-refractivity contribution is -0.142. The van der Waals surface area contributed by atoms with E-state index in [1.165, 1.54) is 6.07 Å². The number of nitrogens with one attached hydrogen (secondary N) is 1. The van der Waals surface area contributed by atoms with Gasteiger partial charge >= 0.3 is 6.18 Å². The van der Waals surface area contributed by atoms with Gasteiger partial charge in [0.05, 0.1) is 5.69 Å². The van der Waals surface area contributed by atoms with Gasteiger partial charge in [-0.15, -0.1) is 0 Å². The molecular formula is C18H11ClF3N5O2. The van der Waals surface area contributed by atoms with Crippen LogP contribution in [0.4, 0.5) is 19.0 Å². The number of halogens is 4. The largest absolute Gasteiger partial charge is 0.433 e. The molecule has 1 N–H and O–H groups in total. The minimum atomic E-state index is -4.72. The number of carbonyl (C=O) groups excluding carboxylic acids is 1. The maximum absolute atomic E-state index is 13.6. The quantitative estimate of drug-likeness (QED) is 0.522. The van der Waals surface area contributed by atoms with Crippen LogP contribution >= 0.6 is 11.6 Å². The number of hydrogen-bond acceptors (Lipinski definition) is 5. The molecule has 0 saturated carbocycles. The topological polar surface area (TPSA) is 85.3 Å². The standard InChI is InChI=1S/C18H11ClF3N5O2/c1-9-6-15(26-29-9)24-17(28)13-8-16-23-12(10-2-4-11(19)5-3-10)7-14(18(20,21)22)27(16)25-13/h2-8H,1H3,(H,24,26,28). The minimum Gasteiger partial charge on any atom is -0.360 e. The summed E-state index contributed by atoms with van der Waals surface area (Å²) < 4.78 is 46.2. The van der Waals surface area contributed by atoms with E-state index in [1.807, 2.05) is 0 Å². The monoisotopic (exact) mass is 421 g/mol. The van der Waals surface area contributed by atoms with Gasteiger partial charge in [-0.1, -0.05) is 28.9 Å². The van der Waals surface area contributed by atoms with Crippen LogP contribution in [0.15, 0.2) is 47.0 Å². The molecule has 148 valence electrons. The molecule has 7 nitrogen and oxygen atoms in total. The van der Waals surface area contributed by atoms with E-state index in [9.17, 15) is 18.0 Å². The summed E-state index contributed by atoms with van der Waals surface area (Å²) in [6.45, 7) is 1.63. The Balaban J connectivity index is 1.79. The molecule has 4 rings (SSSR count). The molecule has 0 radical (unpaired) electrons. The van der Waals surface area contributed by atoms with Crippen molar-refractivity contribution in [1.29, 1.82) is 0 Å². The molecular weight excluding hydrogens is 411 g/mol. The Labute approximate surface area is 166 Å². The number of benzene rings is 1. The number of anilines is 1. The fourth-order valence-corrected chi connectivity index (χ4v) is 2.79. The molecule has 29 heavy (non-hydrogen) atoms. The highest BCUT2D eigenvalue weighted by atomic mass is 35.5. The lowest BCUT2D eigenvalue weighted by Gasteiger charge is -2.11. The zero-order chi connectivity index (χ0) is 20.8. The lowest BCUT2D eigenvalue weighted by Crippen LogP contribution is -2.15. The van der Waals surface area contributed by atoms with E-state index in [4.69, 9.17) is 16.1 Å². The second-order valence-corrected chi connectivity index (χ2v) is 6.54. The zero-order valence-electron chi connectivity index (χ0n) is 14.7. The van der Waals surface area contributed by atoms with Crippen LogP contribution < -0.4 is 5.32 Å². The van der Waals surface area contributed by atoms with Gasteiger partial charge in [0, 0.05) is 22.7 Å². The van der Waals surface area contributed by atoms with E-state index in [-0.39, 0.29) is 22.9 Å². The third kappa shape index (κ3) is 3.79. The van der Waals surface area contributed by atoms with Gasteiger partial charge in [-0.2, -0.15) is 18.3 Å². The van der Waals surface area contributed by atoms with E-state index in [1.54, 1.807) is 31.2 Å². The van der Waals surface area contributed by atoms with Gasteiger partial charge < -0.3 is 9.84 Å². The summed E-state index contributed by atoms with van der Waals surface area (Å²) in [5.41, 5.74) is -0.944. The fraction of sp³-hybridized carbons (Fsp3) is 0.111. The van der Waals surface area contributed by atoms with Crippen molar-refractivity contribution in [2.45, 2.75) is 13.1 Å². The molecule has 0 saturated heterocycles. The van der Waals surface area contributed by atoms with E-state index in [2.05, 4.69) is 20.6 Å². The van der Waals surface area contributed by atoms with Gasteiger partial charge in [-0.25, -0.2) is 9.50 Å². The molecule has 1 amide bonds. The summed E-state index contributed by atoms with van der Waals surface area (Å²) in [5, 5.41) is 10.2. The minimum absolute atomic E-state index is 0.0699. The van der Waals surface area contributed by atoms with Crippen LogP contribution in [0.2, 0.25) is 5.02 Å². The molecule has 4 aromatic rings. The lowest BCUT2D eigenvalue weighted by atomic mass is 10.1. The highest BCUT2D eigenvalue weighted by Crippen LogP contribution is 2.32. The zero-order valence-corrected chi connectivity index (χ0v) is 15.4. The molecule has 0 aliphatic carbocycles. The SMILES string of the molecule is Cc1cc(NC(=O)c2cc3nc(-c4ccc(Cl)cc4)cc(C(F)(F)F)n3n2)no1. The number of alkyl halides is 3. The highest BCUT2D eigenvalue weighted by Gasteiger charge is 2.35. The Hall–Kier alpha value is -3.40. The molecule has 0 atom stereocenters. The van der Waals surface area contributed by atoms with Crippen LogP contribution in [0, 0.1) is 6.92 Å². The van der Waals surface area contributed by atoms with Crippen molar-refractivity contribution in [2.24, 2.45) is 0 Å². The second kappa shape index (κ2) is 6.89. The summed E-state index contributed by atoms with van der Waals surface area (Å²) in [5.74, 6) is -0.163. The molecule has 0 fully saturated rings. The summed E-state index contributed by atoms with van der Waals surface area (Å²) in [6, 6.07) is 9.70. The molecule has 0 aliphatic rings. The van der Waals surface area contributed by atoms with Crippen molar-refractivity contribution in [3.63, 3.8) is 0 Å². The third-order valence-electron chi connectivity index (χ3n) is 3.96. The molecule has 3 aromatic heterocycles. The molecule has 0 unspecified atom stereocenters. The summed E-state index contributed by atoms with van der Waals surface area (Å²) in [4.78, 5) is 16.6. The van der Waals surface area contributed by atoms with Gasteiger partial charge in [-0.3, -0.25) is 4.79 Å². The van der Waals surface area contributed by atoms with Gasteiger partial charge in [-0.05, 0) is 25.1 Å². The van der Waals surface area contributed by atoms with Crippen molar-refractivity contribution in [3.8, 4) is 11.3 Å². The fourth-order valence-electron chi connectivity index (χ4n) is 2.66. The number of fused-ring (bicyclic) bond motifs is 1. The number of rotatable bonds is 3. The number of carbonyl (C=O) groups is 1. The number of hydrogen-bond donors (Lipinski definition) is 1. The highest BCUT2D eigenvalue weighted by molar-refractivity contribution is 6.30.